The molecule has 1 N–H and O–H groups in total. The third-order valence-corrected chi connectivity index (χ3v) is 3.55. The Morgan fingerprint density at radius 3 is 2.05 bits per heavy atom. The Bertz CT molecular complexity index is 786. The lowest BCUT2D eigenvalue weighted by Crippen LogP contribution is -2.01. The van der Waals surface area contributed by atoms with Crippen LogP contribution in [-0.4, -0.2) is 9.97 Å². The van der Waals surface area contributed by atoms with Gasteiger partial charge in [0.05, 0.1) is 11.3 Å². The lowest BCUT2D eigenvalue weighted by Gasteiger charge is -2.10. The second kappa shape index (κ2) is 6.30. The lowest BCUT2D eigenvalue weighted by molar-refractivity contribution is 0.631. The summed E-state index contributed by atoms with van der Waals surface area (Å²) < 4.78 is 13.6. The molecule has 110 valence electrons. The minimum atomic E-state index is -0.412. The third-order valence-electron chi connectivity index (χ3n) is 3.00. The highest BCUT2D eigenvalue weighted by Gasteiger charge is 2.14. The highest BCUT2D eigenvalue weighted by atomic mass is 35.5. The van der Waals surface area contributed by atoms with Gasteiger partial charge in [0.15, 0.2) is 0 Å². The van der Waals surface area contributed by atoms with Crippen molar-refractivity contribution in [3.05, 3.63) is 70.7 Å². The van der Waals surface area contributed by atoms with Crippen LogP contribution in [0.3, 0.4) is 0 Å². The van der Waals surface area contributed by atoms with Gasteiger partial charge in [-0.15, -0.1) is 0 Å². The van der Waals surface area contributed by atoms with Crippen LogP contribution in [0.1, 0.15) is 0 Å². The molecule has 2 aromatic carbocycles. The first-order valence-corrected chi connectivity index (χ1v) is 7.21. The van der Waals surface area contributed by atoms with E-state index in [-0.39, 0.29) is 21.9 Å². The van der Waals surface area contributed by atoms with E-state index in [1.165, 1.54) is 6.07 Å². The van der Waals surface area contributed by atoms with Crippen molar-refractivity contribution in [3.8, 4) is 11.1 Å². The maximum atomic E-state index is 13.6. The standard InChI is InChI=1S/C16H10Cl2FN3/c17-14-13(10-6-2-1-3-7-10)15(18)22-16(21-14)20-12-9-5-4-8-11(12)19/h1-9H,(H,20,21,22). The predicted octanol–water partition coefficient (Wildman–Crippen LogP) is 5.33. The van der Waals surface area contributed by atoms with E-state index in [2.05, 4.69) is 15.3 Å². The first kappa shape index (κ1) is 14.8. The van der Waals surface area contributed by atoms with Crippen LogP contribution in [0.2, 0.25) is 10.3 Å². The second-order valence-corrected chi connectivity index (χ2v) is 5.19. The summed E-state index contributed by atoms with van der Waals surface area (Å²) >= 11 is 12.4. The van der Waals surface area contributed by atoms with Gasteiger partial charge < -0.3 is 5.32 Å². The number of benzene rings is 2. The van der Waals surface area contributed by atoms with E-state index in [0.29, 0.717) is 5.56 Å². The molecule has 0 aliphatic carbocycles. The van der Waals surface area contributed by atoms with Crippen molar-refractivity contribution in [2.75, 3.05) is 5.32 Å². The second-order valence-electron chi connectivity index (χ2n) is 4.47. The summed E-state index contributed by atoms with van der Waals surface area (Å²) in [5, 5.41) is 3.16. The van der Waals surface area contributed by atoms with Gasteiger partial charge in [0.25, 0.3) is 0 Å². The van der Waals surface area contributed by atoms with E-state index in [9.17, 15) is 4.39 Å². The Morgan fingerprint density at radius 1 is 0.818 bits per heavy atom. The Labute approximate surface area is 136 Å². The minimum absolute atomic E-state index is 0.139. The van der Waals surface area contributed by atoms with Crippen molar-refractivity contribution < 1.29 is 4.39 Å². The van der Waals surface area contributed by atoms with Crippen LogP contribution in [0.25, 0.3) is 11.1 Å². The smallest absolute Gasteiger partial charge is 0.230 e. The summed E-state index contributed by atoms with van der Waals surface area (Å²) in [6, 6.07) is 15.6. The van der Waals surface area contributed by atoms with Crippen molar-refractivity contribution in [3.63, 3.8) is 0 Å². The molecule has 0 spiro atoms. The summed E-state index contributed by atoms with van der Waals surface area (Å²) in [4.78, 5) is 8.28. The van der Waals surface area contributed by atoms with Crippen LogP contribution in [-0.2, 0) is 0 Å². The SMILES string of the molecule is Fc1ccccc1Nc1nc(Cl)c(-c2ccccc2)c(Cl)n1. The van der Waals surface area contributed by atoms with Gasteiger partial charge in [-0.3, -0.25) is 0 Å². The van der Waals surface area contributed by atoms with E-state index >= 15 is 0 Å². The van der Waals surface area contributed by atoms with Gasteiger partial charge in [-0.25, -0.2) is 14.4 Å². The zero-order chi connectivity index (χ0) is 15.5. The number of rotatable bonds is 3. The third kappa shape index (κ3) is 3.03. The largest absolute Gasteiger partial charge is 0.322 e. The zero-order valence-electron chi connectivity index (χ0n) is 11.2. The highest BCUT2D eigenvalue weighted by molar-refractivity contribution is 6.37. The minimum Gasteiger partial charge on any atom is -0.322 e. The van der Waals surface area contributed by atoms with Crippen molar-refractivity contribution in [1.82, 2.24) is 9.97 Å². The number of nitrogens with one attached hydrogen (secondary N) is 1. The molecule has 0 unspecified atom stereocenters. The van der Waals surface area contributed by atoms with Crippen LogP contribution in [0.4, 0.5) is 16.0 Å². The molecule has 1 heterocycles. The maximum Gasteiger partial charge on any atom is 0.230 e. The number of nitrogens with zero attached hydrogens (tertiary/aromatic N) is 2. The fraction of sp³-hybridized carbons (Fsp3) is 0. The van der Waals surface area contributed by atoms with Gasteiger partial charge in [-0.1, -0.05) is 65.7 Å². The first-order valence-electron chi connectivity index (χ1n) is 6.45. The predicted molar refractivity (Wildman–Crippen MR) is 87.2 cm³/mol. The maximum absolute atomic E-state index is 13.6. The number of anilines is 2. The number of hydrogen-bond acceptors (Lipinski definition) is 3. The molecule has 22 heavy (non-hydrogen) atoms. The molecule has 3 nitrogen and oxygen atoms in total. The molecule has 6 heteroatoms. The van der Waals surface area contributed by atoms with Gasteiger partial charge >= 0.3 is 0 Å². The van der Waals surface area contributed by atoms with E-state index in [1.54, 1.807) is 18.2 Å². The topological polar surface area (TPSA) is 37.8 Å². The monoisotopic (exact) mass is 333 g/mol. The number of aromatic nitrogens is 2. The number of halogens is 3. The van der Waals surface area contributed by atoms with Crippen molar-refractivity contribution in [2.45, 2.75) is 0 Å². The van der Waals surface area contributed by atoms with E-state index < -0.39 is 5.82 Å². The van der Waals surface area contributed by atoms with Gasteiger partial charge in [-0.2, -0.15) is 0 Å². The van der Waals surface area contributed by atoms with Crippen LogP contribution in [0, 0.1) is 5.82 Å². The summed E-state index contributed by atoms with van der Waals surface area (Å²) in [5.74, 6) is -0.273. The number of hydrogen-bond donors (Lipinski definition) is 1. The summed E-state index contributed by atoms with van der Waals surface area (Å²) in [6.07, 6.45) is 0. The van der Waals surface area contributed by atoms with E-state index in [4.69, 9.17) is 23.2 Å². The molecule has 0 atom stereocenters. The molecule has 0 aliphatic heterocycles. The summed E-state index contributed by atoms with van der Waals surface area (Å²) in [5.41, 5.74) is 1.61. The van der Waals surface area contributed by atoms with Crippen molar-refractivity contribution >= 4 is 34.8 Å². The molecule has 0 radical (unpaired) electrons. The first-order chi connectivity index (χ1) is 10.6. The van der Waals surface area contributed by atoms with Crippen molar-refractivity contribution in [2.24, 2.45) is 0 Å². The Balaban J connectivity index is 1.98. The average Bonchev–Trinajstić information content (AvgIpc) is 2.50. The molecule has 3 aromatic rings. The average molecular weight is 334 g/mol. The van der Waals surface area contributed by atoms with E-state index in [0.717, 1.165) is 5.56 Å². The fourth-order valence-electron chi connectivity index (χ4n) is 1.99. The van der Waals surface area contributed by atoms with Crippen molar-refractivity contribution in [1.29, 1.82) is 0 Å². The molecule has 0 saturated heterocycles. The highest BCUT2D eigenvalue weighted by Crippen LogP contribution is 2.33. The molecule has 0 amide bonds. The molecule has 3 rings (SSSR count). The fourth-order valence-corrected chi connectivity index (χ4v) is 2.60. The van der Waals surface area contributed by atoms with Crippen LogP contribution in [0.5, 0.6) is 0 Å². The molecule has 1 aromatic heterocycles. The van der Waals surface area contributed by atoms with Gasteiger partial charge in [0, 0.05) is 0 Å². The molecule has 0 aliphatic rings. The van der Waals surface area contributed by atoms with Gasteiger partial charge in [-0.05, 0) is 17.7 Å². The summed E-state index contributed by atoms with van der Waals surface area (Å²) in [6.45, 7) is 0. The molecular formula is C16H10Cl2FN3. The quantitative estimate of drug-likeness (QED) is 0.658. The molecule has 0 saturated carbocycles. The normalized spacial score (nSPS) is 10.5. The van der Waals surface area contributed by atoms with Crippen LogP contribution in [0.15, 0.2) is 54.6 Å². The molecule has 0 bridgehead atoms. The Kier molecular flexibility index (Phi) is 4.22. The van der Waals surface area contributed by atoms with E-state index in [1.807, 2.05) is 30.3 Å². The van der Waals surface area contributed by atoms with Gasteiger partial charge in [0.1, 0.15) is 16.1 Å². The summed E-state index contributed by atoms with van der Waals surface area (Å²) in [7, 11) is 0. The molecular weight excluding hydrogens is 324 g/mol. The van der Waals surface area contributed by atoms with Crippen LogP contribution >= 0.6 is 23.2 Å². The lowest BCUT2D eigenvalue weighted by atomic mass is 10.1. The Morgan fingerprint density at radius 2 is 1.41 bits per heavy atom. The Hall–Kier alpha value is -2.17. The molecule has 0 fully saturated rings. The van der Waals surface area contributed by atoms with Gasteiger partial charge in [0.2, 0.25) is 5.95 Å². The number of para-hydroxylation sites is 1. The van der Waals surface area contributed by atoms with Crippen LogP contribution < -0.4 is 5.32 Å². The zero-order valence-corrected chi connectivity index (χ0v) is 12.7.